The average Bonchev–Trinajstić information content (AvgIpc) is 3.09. The molecule has 0 saturated carbocycles. The Morgan fingerprint density at radius 2 is 1.50 bits per heavy atom. The lowest BCUT2D eigenvalue weighted by atomic mass is 9.94. The first-order valence-corrected chi connectivity index (χ1v) is 12.9. The number of ether oxygens (including phenoxy) is 2. The van der Waals surface area contributed by atoms with Gasteiger partial charge in [0.25, 0.3) is 11.7 Å². The number of benzene rings is 3. The summed E-state index contributed by atoms with van der Waals surface area (Å²) in [5.74, 6) is -0.332. The van der Waals surface area contributed by atoms with Gasteiger partial charge in [-0.05, 0) is 113 Å². The molecule has 6 heteroatoms. The zero-order valence-corrected chi connectivity index (χ0v) is 23.0. The summed E-state index contributed by atoms with van der Waals surface area (Å²) < 4.78 is 11.7. The predicted octanol–water partition coefficient (Wildman–Crippen LogP) is 6.81. The van der Waals surface area contributed by atoms with E-state index in [1.54, 1.807) is 18.2 Å². The predicted molar refractivity (Wildman–Crippen MR) is 150 cm³/mol. The van der Waals surface area contributed by atoms with Crippen molar-refractivity contribution in [3.8, 4) is 11.5 Å². The van der Waals surface area contributed by atoms with Gasteiger partial charge < -0.3 is 14.6 Å². The molecule has 0 aromatic heterocycles. The van der Waals surface area contributed by atoms with E-state index in [1.165, 1.54) is 4.90 Å². The summed E-state index contributed by atoms with van der Waals surface area (Å²) in [6.07, 6.45) is -0.0535. The highest BCUT2D eigenvalue weighted by Crippen LogP contribution is 2.43. The van der Waals surface area contributed by atoms with E-state index in [4.69, 9.17) is 9.47 Å². The molecule has 1 amide bonds. The van der Waals surface area contributed by atoms with Crippen molar-refractivity contribution in [3.63, 3.8) is 0 Å². The van der Waals surface area contributed by atoms with Crippen molar-refractivity contribution >= 4 is 23.1 Å². The topological polar surface area (TPSA) is 76.1 Å². The Morgan fingerprint density at radius 1 is 0.842 bits per heavy atom. The van der Waals surface area contributed by atoms with Crippen LogP contribution in [0.3, 0.4) is 0 Å². The Hall–Kier alpha value is -4.06. The van der Waals surface area contributed by atoms with Crippen LogP contribution in [0.2, 0.25) is 0 Å². The largest absolute Gasteiger partial charge is 0.507 e. The average molecular weight is 514 g/mol. The first-order valence-electron chi connectivity index (χ1n) is 12.9. The van der Waals surface area contributed by atoms with E-state index in [9.17, 15) is 14.7 Å². The fourth-order valence-electron chi connectivity index (χ4n) is 4.87. The highest BCUT2D eigenvalue weighted by Gasteiger charge is 2.47. The second kappa shape index (κ2) is 10.7. The van der Waals surface area contributed by atoms with Crippen LogP contribution in [-0.2, 0) is 9.59 Å². The van der Waals surface area contributed by atoms with Crippen LogP contribution in [0.1, 0.15) is 61.6 Å². The van der Waals surface area contributed by atoms with Crippen molar-refractivity contribution in [1.29, 1.82) is 0 Å². The van der Waals surface area contributed by atoms with Gasteiger partial charge in [-0.15, -0.1) is 0 Å². The van der Waals surface area contributed by atoms with Gasteiger partial charge in [-0.2, -0.15) is 0 Å². The zero-order valence-electron chi connectivity index (χ0n) is 23.0. The van der Waals surface area contributed by atoms with E-state index < -0.39 is 17.7 Å². The van der Waals surface area contributed by atoms with Gasteiger partial charge in [-0.1, -0.05) is 18.2 Å². The van der Waals surface area contributed by atoms with E-state index in [0.29, 0.717) is 28.3 Å². The van der Waals surface area contributed by atoms with Crippen molar-refractivity contribution in [3.05, 3.63) is 94.1 Å². The number of nitrogens with zero attached hydrogens (tertiary/aromatic N) is 1. The fraction of sp³-hybridized carbons (Fsp3) is 0.312. The van der Waals surface area contributed by atoms with Crippen molar-refractivity contribution in [1.82, 2.24) is 0 Å². The van der Waals surface area contributed by atoms with Crippen molar-refractivity contribution in [2.45, 2.75) is 66.7 Å². The third-order valence-corrected chi connectivity index (χ3v) is 6.29. The van der Waals surface area contributed by atoms with Gasteiger partial charge in [-0.3, -0.25) is 14.5 Å². The summed E-state index contributed by atoms with van der Waals surface area (Å²) in [7, 11) is 0. The lowest BCUT2D eigenvalue weighted by Gasteiger charge is -2.26. The molecule has 0 aliphatic carbocycles. The Kier molecular flexibility index (Phi) is 7.63. The maximum atomic E-state index is 13.6. The van der Waals surface area contributed by atoms with Gasteiger partial charge in [0.2, 0.25) is 0 Å². The molecule has 1 atom stereocenters. The van der Waals surface area contributed by atoms with Gasteiger partial charge >= 0.3 is 0 Å². The molecule has 0 radical (unpaired) electrons. The zero-order chi connectivity index (χ0) is 27.7. The maximum absolute atomic E-state index is 13.6. The molecule has 1 N–H and O–H groups in total. The van der Waals surface area contributed by atoms with Gasteiger partial charge in [0.15, 0.2) is 0 Å². The number of carbonyl (C=O) groups excluding carboxylic acids is 2. The molecular weight excluding hydrogens is 478 g/mol. The summed E-state index contributed by atoms with van der Waals surface area (Å²) in [5.41, 5.74) is 4.49. The number of amides is 1. The lowest BCUT2D eigenvalue weighted by Crippen LogP contribution is -2.29. The number of ketones is 1. The molecule has 1 fully saturated rings. The summed E-state index contributed by atoms with van der Waals surface area (Å²) in [4.78, 5) is 28.6. The van der Waals surface area contributed by atoms with Crippen molar-refractivity contribution < 1.29 is 24.2 Å². The number of hydrogen-bond acceptors (Lipinski definition) is 5. The third-order valence-electron chi connectivity index (χ3n) is 6.29. The second-order valence-electron chi connectivity index (χ2n) is 10.4. The minimum atomic E-state index is -0.834. The van der Waals surface area contributed by atoms with Crippen molar-refractivity contribution in [2.75, 3.05) is 4.90 Å². The highest BCUT2D eigenvalue weighted by atomic mass is 16.5. The fourth-order valence-corrected chi connectivity index (χ4v) is 4.87. The Morgan fingerprint density at radius 3 is 2.11 bits per heavy atom. The van der Waals surface area contributed by atoms with E-state index in [1.807, 2.05) is 90.9 Å². The molecule has 0 spiro atoms. The van der Waals surface area contributed by atoms with Crippen LogP contribution in [0.25, 0.3) is 5.76 Å². The van der Waals surface area contributed by atoms with Crippen LogP contribution in [0.4, 0.5) is 5.69 Å². The summed E-state index contributed by atoms with van der Waals surface area (Å²) in [6.45, 7) is 13.5. The van der Waals surface area contributed by atoms with Crippen LogP contribution in [-0.4, -0.2) is 29.0 Å². The molecule has 1 heterocycles. The number of aliphatic hydroxyl groups is 1. The molecule has 3 aromatic rings. The number of Topliss-reactive ketones (excluding diaryl/α,β-unsaturated/α-hetero) is 1. The highest BCUT2D eigenvalue weighted by molar-refractivity contribution is 6.51. The summed E-state index contributed by atoms with van der Waals surface area (Å²) in [5, 5.41) is 11.5. The molecule has 1 saturated heterocycles. The number of anilines is 1. The normalized spacial score (nSPS) is 17.0. The molecular formula is C32H35NO5. The van der Waals surface area contributed by atoms with Crippen LogP contribution in [0.5, 0.6) is 11.5 Å². The SMILES string of the molecule is Cc1cc(C)cc(N2C(=O)C(=O)/C(=C(/O)c3ccc(OC(C)C)c(C)c3)C2c2cccc(OC(C)C)c2)c1. The van der Waals surface area contributed by atoms with E-state index in [-0.39, 0.29) is 23.5 Å². The second-order valence-corrected chi connectivity index (χ2v) is 10.4. The number of aliphatic hydroxyl groups excluding tert-OH is 1. The van der Waals surface area contributed by atoms with E-state index >= 15 is 0 Å². The smallest absolute Gasteiger partial charge is 0.300 e. The molecule has 198 valence electrons. The van der Waals surface area contributed by atoms with Gasteiger partial charge in [-0.25, -0.2) is 0 Å². The molecule has 0 bridgehead atoms. The molecule has 3 aromatic carbocycles. The van der Waals surface area contributed by atoms with Gasteiger partial charge in [0.05, 0.1) is 23.8 Å². The number of hydrogen-bond donors (Lipinski definition) is 1. The first-order chi connectivity index (χ1) is 18.0. The van der Waals surface area contributed by atoms with Crippen LogP contribution in [0, 0.1) is 20.8 Å². The molecule has 6 nitrogen and oxygen atoms in total. The van der Waals surface area contributed by atoms with Crippen molar-refractivity contribution in [2.24, 2.45) is 0 Å². The number of carbonyl (C=O) groups is 2. The van der Waals surface area contributed by atoms with Crippen LogP contribution >= 0.6 is 0 Å². The Balaban J connectivity index is 1.92. The molecule has 1 unspecified atom stereocenters. The van der Waals surface area contributed by atoms with Crippen LogP contribution in [0.15, 0.2) is 66.2 Å². The number of aryl methyl sites for hydroxylation is 3. The monoisotopic (exact) mass is 513 g/mol. The standard InChI is InChI=1S/C32H35NO5/c1-18(2)37-26-10-8-9-23(17-26)29-28(30(34)24-11-12-27(22(7)16-24)38-19(3)4)31(35)32(36)33(29)25-14-20(5)13-21(6)15-25/h8-19,29,34H,1-7H3/b30-28+. The molecule has 38 heavy (non-hydrogen) atoms. The molecule has 4 rings (SSSR count). The summed E-state index contributed by atoms with van der Waals surface area (Å²) >= 11 is 0. The Labute approximate surface area is 224 Å². The van der Waals surface area contributed by atoms with Gasteiger partial charge in [0.1, 0.15) is 17.3 Å². The Bertz CT molecular complexity index is 1400. The first kappa shape index (κ1) is 27.0. The minimum Gasteiger partial charge on any atom is -0.507 e. The van der Waals surface area contributed by atoms with Gasteiger partial charge in [0, 0.05) is 11.3 Å². The molecule has 1 aliphatic heterocycles. The molecule has 1 aliphatic rings. The maximum Gasteiger partial charge on any atom is 0.300 e. The lowest BCUT2D eigenvalue weighted by molar-refractivity contribution is -0.132. The number of rotatable bonds is 7. The third kappa shape index (κ3) is 5.44. The summed E-state index contributed by atoms with van der Waals surface area (Å²) in [6, 6.07) is 17.5. The van der Waals surface area contributed by atoms with E-state index in [2.05, 4.69) is 0 Å². The van der Waals surface area contributed by atoms with E-state index in [0.717, 1.165) is 16.7 Å². The van der Waals surface area contributed by atoms with Crippen LogP contribution < -0.4 is 14.4 Å². The quantitative estimate of drug-likeness (QED) is 0.213. The minimum absolute atomic E-state index is 0.00316.